The lowest BCUT2D eigenvalue weighted by atomic mass is 9.80. The molecule has 17 heavy (non-hydrogen) atoms. The molecule has 2 nitrogen and oxygen atoms in total. The van der Waals surface area contributed by atoms with Gasteiger partial charge in [-0.1, -0.05) is 32.9 Å². The van der Waals surface area contributed by atoms with Gasteiger partial charge in [-0.2, -0.15) is 11.8 Å². The van der Waals surface area contributed by atoms with Crippen molar-refractivity contribution in [3.8, 4) is 0 Å². The van der Waals surface area contributed by atoms with Crippen molar-refractivity contribution in [1.29, 1.82) is 0 Å². The standard InChI is InChI=1S/C12H18BFO2S/c1-8(2)9(3)17-7-10-4-5-11(13(15)16)6-12(10)14/h4-6,8-9,15-16H,7H2,1-3H3. The molecule has 1 aromatic carbocycles. The Morgan fingerprint density at radius 1 is 1.29 bits per heavy atom. The number of halogens is 1. The van der Waals surface area contributed by atoms with Gasteiger partial charge in [-0.25, -0.2) is 4.39 Å². The Bertz CT molecular complexity index is 372. The van der Waals surface area contributed by atoms with Crippen LogP contribution in [-0.2, 0) is 5.75 Å². The van der Waals surface area contributed by atoms with Crippen molar-refractivity contribution in [3.63, 3.8) is 0 Å². The molecule has 5 heteroatoms. The van der Waals surface area contributed by atoms with Crippen LogP contribution in [0.25, 0.3) is 0 Å². The molecule has 2 N–H and O–H groups in total. The fraction of sp³-hybridized carbons (Fsp3) is 0.500. The smallest absolute Gasteiger partial charge is 0.423 e. The fourth-order valence-electron chi connectivity index (χ4n) is 1.25. The predicted molar refractivity (Wildman–Crippen MR) is 71.8 cm³/mol. The van der Waals surface area contributed by atoms with Crippen molar-refractivity contribution in [2.75, 3.05) is 0 Å². The predicted octanol–water partition coefficient (Wildman–Crippen LogP) is 1.78. The van der Waals surface area contributed by atoms with Crippen LogP contribution in [0.2, 0.25) is 0 Å². The highest BCUT2D eigenvalue weighted by Gasteiger charge is 2.14. The summed E-state index contributed by atoms with van der Waals surface area (Å²) in [6.07, 6.45) is 0. The van der Waals surface area contributed by atoms with Crippen LogP contribution in [0.5, 0.6) is 0 Å². The molecular weight excluding hydrogens is 238 g/mol. The zero-order chi connectivity index (χ0) is 13.0. The summed E-state index contributed by atoms with van der Waals surface area (Å²) in [5.41, 5.74) is 0.792. The first-order valence-corrected chi connectivity index (χ1v) is 6.72. The van der Waals surface area contributed by atoms with Crippen LogP contribution < -0.4 is 5.46 Å². The van der Waals surface area contributed by atoms with Crippen molar-refractivity contribution >= 4 is 24.3 Å². The van der Waals surface area contributed by atoms with Crippen LogP contribution in [0.1, 0.15) is 26.3 Å². The molecule has 1 rings (SSSR count). The lowest BCUT2D eigenvalue weighted by molar-refractivity contribution is 0.425. The van der Waals surface area contributed by atoms with Gasteiger partial charge in [-0.3, -0.25) is 0 Å². The van der Waals surface area contributed by atoms with E-state index in [-0.39, 0.29) is 11.3 Å². The van der Waals surface area contributed by atoms with Gasteiger partial charge in [0.05, 0.1) is 0 Å². The van der Waals surface area contributed by atoms with Crippen LogP contribution in [-0.4, -0.2) is 22.4 Å². The van der Waals surface area contributed by atoms with Gasteiger partial charge < -0.3 is 10.0 Å². The van der Waals surface area contributed by atoms with E-state index in [1.807, 2.05) is 0 Å². The molecule has 0 heterocycles. The summed E-state index contributed by atoms with van der Waals surface area (Å²) in [6.45, 7) is 6.40. The summed E-state index contributed by atoms with van der Waals surface area (Å²) < 4.78 is 13.6. The third-order valence-electron chi connectivity index (χ3n) is 2.82. The van der Waals surface area contributed by atoms with Gasteiger partial charge in [0.15, 0.2) is 0 Å². The average molecular weight is 256 g/mol. The molecule has 0 aliphatic heterocycles. The summed E-state index contributed by atoms with van der Waals surface area (Å²) in [5, 5.41) is 18.3. The van der Waals surface area contributed by atoms with E-state index in [2.05, 4.69) is 20.8 Å². The molecule has 0 saturated heterocycles. The SMILES string of the molecule is CC(C)C(C)SCc1ccc(B(O)O)cc1F. The molecule has 1 unspecified atom stereocenters. The van der Waals surface area contributed by atoms with E-state index in [9.17, 15) is 4.39 Å². The maximum atomic E-state index is 13.6. The number of hydrogen-bond donors (Lipinski definition) is 2. The zero-order valence-electron chi connectivity index (χ0n) is 10.4. The second-order valence-corrected chi connectivity index (χ2v) is 5.85. The maximum absolute atomic E-state index is 13.6. The Kier molecular flexibility index (Phi) is 5.50. The Morgan fingerprint density at radius 3 is 2.41 bits per heavy atom. The summed E-state index contributed by atoms with van der Waals surface area (Å²) >= 11 is 1.70. The van der Waals surface area contributed by atoms with Crippen molar-refractivity contribution < 1.29 is 14.4 Å². The van der Waals surface area contributed by atoms with Crippen LogP contribution >= 0.6 is 11.8 Å². The molecule has 0 radical (unpaired) electrons. The van der Waals surface area contributed by atoms with Gasteiger partial charge in [-0.15, -0.1) is 0 Å². The van der Waals surface area contributed by atoms with Crippen molar-refractivity contribution in [3.05, 3.63) is 29.6 Å². The number of thioether (sulfide) groups is 1. The van der Waals surface area contributed by atoms with Crippen LogP contribution in [0.3, 0.4) is 0 Å². The Labute approximate surface area is 106 Å². The van der Waals surface area contributed by atoms with Gasteiger partial charge >= 0.3 is 7.12 Å². The summed E-state index contributed by atoms with van der Waals surface area (Å²) in [7, 11) is -1.61. The Hall–Kier alpha value is -0.515. The molecule has 0 spiro atoms. The fourth-order valence-corrected chi connectivity index (χ4v) is 2.32. The monoisotopic (exact) mass is 256 g/mol. The Balaban J connectivity index is 2.67. The maximum Gasteiger partial charge on any atom is 0.488 e. The normalized spacial score (nSPS) is 12.9. The lowest BCUT2D eigenvalue weighted by Crippen LogP contribution is -2.30. The summed E-state index contributed by atoms with van der Waals surface area (Å²) in [4.78, 5) is 0. The zero-order valence-corrected chi connectivity index (χ0v) is 11.2. The second kappa shape index (κ2) is 6.43. The number of rotatable bonds is 5. The highest BCUT2D eigenvalue weighted by molar-refractivity contribution is 7.99. The van der Waals surface area contributed by atoms with Crippen LogP contribution in [0.4, 0.5) is 4.39 Å². The van der Waals surface area contributed by atoms with Gasteiger partial charge in [0.1, 0.15) is 5.82 Å². The highest BCUT2D eigenvalue weighted by atomic mass is 32.2. The first-order chi connectivity index (χ1) is 7.91. The average Bonchev–Trinajstić information content (AvgIpc) is 2.26. The summed E-state index contributed by atoms with van der Waals surface area (Å²) in [6, 6.07) is 4.34. The second-order valence-electron chi connectivity index (χ2n) is 4.48. The molecule has 0 aliphatic carbocycles. The van der Waals surface area contributed by atoms with E-state index in [1.54, 1.807) is 23.9 Å². The van der Waals surface area contributed by atoms with E-state index >= 15 is 0 Å². The molecule has 0 aliphatic rings. The largest absolute Gasteiger partial charge is 0.488 e. The van der Waals surface area contributed by atoms with Crippen LogP contribution in [0, 0.1) is 11.7 Å². The van der Waals surface area contributed by atoms with Crippen molar-refractivity contribution in [2.45, 2.75) is 31.8 Å². The third kappa shape index (κ3) is 4.34. The van der Waals surface area contributed by atoms with E-state index in [0.717, 1.165) is 0 Å². The minimum atomic E-state index is -1.61. The van der Waals surface area contributed by atoms with Crippen molar-refractivity contribution in [2.24, 2.45) is 5.92 Å². The topological polar surface area (TPSA) is 40.5 Å². The number of benzene rings is 1. The minimum absolute atomic E-state index is 0.188. The third-order valence-corrected chi connectivity index (χ3v) is 4.36. The Morgan fingerprint density at radius 2 is 1.94 bits per heavy atom. The van der Waals surface area contributed by atoms with Gasteiger partial charge in [0.25, 0.3) is 0 Å². The van der Waals surface area contributed by atoms with Gasteiger partial charge in [-0.05, 0) is 23.0 Å². The molecule has 1 atom stereocenters. The van der Waals surface area contributed by atoms with Crippen LogP contribution in [0.15, 0.2) is 18.2 Å². The first kappa shape index (κ1) is 14.5. The van der Waals surface area contributed by atoms with Crippen molar-refractivity contribution in [1.82, 2.24) is 0 Å². The van der Waals surface area contributed by atoms with E-state index in [0.29, 0.717) is 22.5 Å². The van der Waals surface area contributed by atoms with E-state index in [1.165, 1.54) is 6.07 Å². The highest BCUT2D eigenvalue weighted by Crippen LogP contribution is 2.23. The molecule has 0 amide bonds. The quantitative estimate of drug-likeness (QED) is 0.789. The molecule has 94 valence electrons. The molecule has 0 fully saturated rings. The molecule has 0 saturated carbocycles. The number of hydrogen-bond acceptors (Lipinski definition) is 3. The summed E-state index contributed by atoms with van der Waals surface area (Å²) in [5.74, 6) is 0.785. The lowest BCUT2D eigenvalue weighted by Gasteiger charge is -2.15. The van der Waals surface area contributed by atoms with Gasteiger partial charge in [0, 0.05) is 11.0 Å². The van der Waals surface area contributed by atoms with E-state index in [4.69, 9.17) is 10.0 Å². The van der Waals surface area contributed by atoms with E-state index < -0.39 is 7.12 Å². The minimum Gasteiger partial charge on any atom is -0.423 e. The molecule has 1 aromatic rings. The molecule has 0 aromatic heterocycles. The van der Waals surface area contributed by atoms with Gasteiger partial charge in [0.2, 0.25) is 0 Å². The first-order valence-electron chi connectivity index (χ1n) is 5.68. The molecular formula is C12H18BFO2S. The molecule has 0 bridgehead atoms.